The summed E-state index contributed by atoms with van der Waals surface area (Å²) >= 11 is 0. The molecule has 1 aliphatic rings. The van der Waals surface area contributed by atoms with Crippen molar-refractivity contribution < 1.29 is 8.42 Å². The van der Waals surface area contributed by atoms with Crippen molar-refractivity contribution >= 4 is 10.0 Å². The number of sulfonamides is 1. The molecule has 3 N–H and O–H groups in total. The van der Waals surface area contributed by atoms with Gasteiger partial charge in [-0.15, -0.1) is 0 Å². The number of nitrogens with two attached hydrogens (primary N) is 1. The fraction of sp³-hybridized carbons (Fsp3) is 0.625. The van der Waals surface area contributed by atoms with E-state index in [1.165, 1.54) is 10.5 Å². The highest BCUT2D eigenvalue weighted by Crippen LogP contribution is 2.21. The van der Waals surface area contributed by atoms with Crippen molar-refractivity contribution in [3.8, 4) is 0 Å². The van der Waals surface area contributed by atoms with E-state index in [1.54, 1.807) is 6.92 Å². The lowest BCUT2D eigenvalue weighted by atomic mass is 10.3. The number of aromatic nitrogens is 2. The van der Waals surface area contributed by atoms with Crippen LogP contribution < -0.4 is 5.73 Å². The van der Waals surface area contributed by atoms with Gasteiger partial charge in [-0.05, 0) is 13.3 Å². The Morgan fingerprint density at radius 1 is 1.67 bits per heavy atom. The molecule has 0 spiro atoms. The summed E-state index contributed by atoms with van der Waals surface area (Å²) in [5.41, 5.74) is 6.25. The minimum absolute atomic E-state index is 0.0491. The van der Waals surface area contributed by atoms with Gasteiger partial charge in [-0.1, -0.05) is 0 Å². The lowest BCUT2D eigenvalue weighted by molar-refractivity contribution is 0.472. The first-order chi connectivity index (χ1) is 7.01. The van der Waals surface area contributed by atoms with Gasteiger partial charge >= 0.3 is 0 Å². The minimum Gasteiger partial charge on any atom is -0.326 e. The first-order valence-corrected chi connectivity index (χ1v) is 6.21. The molecule has 2 rings (SSSR count). The zero-order valence-corrected chi connectivity index (χ0v) is 9.29. The summed E-state index contributed by atoms with van der Waals surface area (Å²) in [6, 6.07) is -0.0491. The summed E-state index contributed by atoms with van der Waals surface area (Å²) in [6.45, 7) is 2.58. The molecule has 0 saturated carbocycles. The summed E-state index contributed by atoms with van der Waals surface area (Å²) in [5, 5.41) is 6.34. The van der Waals surface area contributed by atoms with Gasteiger partial charge in [0.1, 0.15) is 4.90 Å². The third-order valence-corrected chi connectivity index (χ3v) is 4.57. The Balaban J connectivity index is 2.32. The second kappa shape index (κ2) is 3.58. The molecule has 0 aliphatic carbocycles. The highest BCUT2D eigenvalue weighted by molar-refractivity contribution is 7.89. The number of nitrogens with one attached hydrogen (secondary N) is 1. The SMILES string of the molecule is Cc1[nH]ncc1S(=O)(=O)N1CCC(N)C1. The topological polar surface area (TPSA) is 92.1 Å². The van der Waals surface area contributed by atoms with Crippen LogP contribution >= 0.6 is 0 Å². The molecular formula is C8H14N4O2S. The Morgan fingerprint density at radius 2 is 2.40 bits per heavy atom. The molecule has 0 radical (unpaired) electrons. The van der Waals surface area contributed by atoms with Crippen molar-refractivity contribution in [2.75, 3.05) is 13.1 Å². The summed E-state index contributed by atoms with van der Waals surface area (Å²) in [4.78, 5) is 0.247. The van der Waals surface area contributed by atoms with Gasteiger partial charge in [-0.2, -0.15) is 9.40 Å². The Labute approximate surface area is 88.5 Å². The number of H-pyrrole nitrogens is 1. The van der Waals surface area contributed by atoms with Gasteiger partial charge < -0.3 is 5.73 Å². The van der Waals surface area contributed by atoms with Crippen molar-refractivity contribution in [2.24, 2.45) is 5.73 Å². The molecule has 6 nitrogen and oxygen atoms in total. The van der Waals surface area contributed by atoms with E-state index >= 15 is 0 Å². The van der Waals surface area contributed by atoms with E-state index in [4.69, 9.17) is 5.73 Å². The van der Waals surface area contributed by atoms with Gasteiger partial charge in [0.2, 0.25) is 10.0 Å². The first-order valence-electron chi connectivity index (χ1n) is 4.77. The molecule has 1 saturated heterocycles. The first kappa shape index (κ1) is 10.6. The number of aromatic amines is 1. The number of hydrogen-bond acceptors (Lipinski definition) is 4. The molecule has 2 heterocycles. The average Bonchev–Trinajstić information content (AvgIpc) is 2.74. The number of hydrogen-bond donors (Lipinski definition) is 2. The second-order valence-electron chi connectivity index (χ2n) is 3.77. The number of nitrogens with zero attached hydrogens (tertiary/aromatic N) is 2. The average molecular weight is 230 g/mol. The molecule has 1 unspecified atom stereocenters. The van der Waals surface area contributed by atoms with E-state index in [0.29, 0.717) is 18.8 Å². The Bertz CT molecular complexity index is 453. The molecule has 1 aromatic rings. The van der Waals surface area contributed by atoms with Crippen LogP contribution in [0.15, 0.2) is 11.1 Å². The fourth-order valence-electron chi connectivity index (χ4n) is 1.71. The predicted molar refractivity (Wildman–Crippen MR) is 54.7 cm³/mol. The molecule has 1 atom stereocenters. The maximum atomic E-state index is 12.1. The van der Waals surface area contributed by atoms with Crippen LogP contribution in [0, 0.1) is 6.92 Å². The predicted octanol–water partition coefficient (Wildman–Crippen LogP) is -0.560. The molecule has 1 aromatic heterocycles. The molecule has 1 aliphatic heterocycles. The van der Waals surface area contributed by atoms with Crippen LogP contribution in [0.3, 0.4) is 0 Å². The Morgan fingerprint density at radius 3 is 2.87 bits per heavy atom. The maximum absolute atomic E-state index is 12.1. The summed E-state index contributed by atoms with van der Waals surface area (Å²) in [7, 11) is -3.40. The van der Waals surface area contributed by atoms with Gasteiger partial charge in [0.25, 0.3) is 0 Å². The van der Waals surface area contributed by atoms with Gasteiger partial charge in [0.05, 0.1) is 11.9 Å². The normalized spacial score (nSPS) is 23.5. The quantitative estimate of drug-likeness (QED) is 0.712. The van der Waals surface area contributed by atoms with Crippen LogP contribution in [0.2, 0.25) is 0 Å². The van der Waals surface area contributed by atoms with E-state index in [1.807, 2.05) is 0 Å². The highest BCUT2D eigenvalue weighted by atomic mass is 32.2. The maximum Gasteiger partial charge on any atom is 0.246 e. The van der Waals surface area contributed by atoms with Crippen LogP contribution in [0.4, 0.5) is 0 Å². The van der Waals surface area contributed by atoms with Crippen LogP contribution in [-0.2, 0) is 10.0 Å². The van der Waals surface area contributed by atoms with Crippen LogP contribution in [0.25, 0.3) is 0 Å². The van der Waals surface area contributed by atoms with Gasteiger partial charge in [-0.25, -0.2) is 8.42 Å². The molecule has 0 amide bonds. The van der Waals surface area contributed by atoms with Gasteiger partial charge in [0.15, 0.2) is 0 Å². The van der Waals surface area contributed by atoms with Crippen molar-refractivity contribution in [1.29, 1.82) is 0 Å². The highest BCUT2D eigenvalue weighted by Gasteiger charge is 2.32. The van der Waals surface area contributed by atoms with Crippen LogP contribution in [0.5, 0.6) is 0 Å². The molecule has 0 bridgehead atoms. The Hall–Kier alpha value is -0.920. The standard InChI is InChI=1S/C8H14N4O2S/c1-6-8(4-10-11-6)15(13,14)12-3-2-7(9)5-12/h4,7H,2-3,5,9H2,1H3,(H,10,11). The van der Waals surface area contributed by atoms with Crippen molar-refractivity contribution in [1.82, 2.24) is 14.5 Å². The summed E-state index contributed by atoms with van der Waals surface area (Å²) in [6.07, 6.45) is 2.06. The smallest absolute Gasteiger partial charge is 0.246 e. The lowest BCUT2D eigenvalue weighted by Gasteiger charge is -2.14. The largest absolute Gasteiger partial charge is 0.326 e. The van der Waals surface area contributed by atoms with Crippen molar-refractivity contribution in [3.63, 3.8) is 0 Å². The number of rotatable bonds is 2. The Kier molecular flexibility index (Phi) is 2.53. The third kappa shape index (κ3) is 1.77. The summed E-state index contributed by atoms with van der Waals surface area (Å²) < 4.78 is 25.6. The molecule has 7 heteroatoms. The second-order valence-corrected chi connectivity index (χ2v) is 5.68. The van der Waals surface area contributed by atoms with E-state index in [2.05, 4.69) is 10.2 Å². The third-order valence-electron chi connectivity index (χ3n) is 2.59. The van der Waals surface area contributed by atoms with E-state index in [-0.39, 0.29) is 10.9 Å². The van der Waals surface area contributed by atoms with Crippen molar-refractivity contribution in [2.45, 2.75) is 24.3 Å². The molecule has 1 fully saturated rings. The van der Waals surface area contributed by atoms with E-state index in [0.717, 1.165) is 6.42 Å². The number of aryl methyl sites for hydroxylation is 1. The summed E-state index contributed by atoms with van der Waals surface area (Å²) in [5.74, 6) is 0. The zero-order valence-electron chi connectivity index (χ0n) is 8.47. The zero-order chi connectivity index (χ0) is 11.1. The van der Waals surface area contributed by atoms with Gasteiger partial charge in [0, 0.05) is 19.1 Å². The van der Waals surface area contributed by atoms with Gasteiger partial charge in [-0.3, -0.25) is 5.10 Å². The monoisotopic (exact) mass is 230 g/mol. The fourth-order valence-corrected chi connectivity index (χ4v) is 3.34. The molecule has 84 valence electrons. The van der Waals surface area contributed by atoms with Crippen LogP contribution in [0.1, 0.15) is 12.1 Å². The van der Waals surface area contributed by atoms with E-state index in [9.17, 15) is 8.42 Å². The molecular weight excluding hydrogens is 216 g/mol. The van der Waals surface area contributed by atoms with Crippen molar-refractivity contribution in [3.05, 3.63) is 11.9 Å². The minimum atomic E-state index is -3.40. The van der Waals surface area contributed by atoms with Crippen LogP contribution in [-0.4, -0.2) is 42.1 Å². The lowest BCUT2D eigenvalue weighted by Crippen LogP contribution is -2.32. The molecule has 15 heavy (non-hydrogen) atoms. The molecule has 0 aromatic carbocycles. The van der Waals surface area contributed by atoms with E-state index < -0.39 is 10.0 Å².